The fourth-order valence-electron chi connectivity index (χ4n) is 3.37. The van der Waals surface area contributed by atoms with Crippen molar-refractivity contribution in [1.82, 2.24) is 4.98 Å². The fourth-order valence-corrected chi connectivity index (χ4v) is 3.37. The van der Waals surface area contributed by atoms with Gasteiger partial charge < -0.3 is 10.6 Å². The van der Waals surface area contributed by atoms with Gasteiger partial charge in [0, 0.05) is 29.6 Å². The van der Waals surface area contributed by atoms with Crippen LogP contribution < -0.4 is 10.6 Å². The number of rotatable bonds is 4. The summed E-state index contributed by atoms with van der Waals surface area (Å²) < 4.78 is 0. The van der Waals surface area contributed by atoms with E-state index in [1.165, 1.54) is 0 Å². The van der Waals surface area contributed by atoms with E-state index < -0.39 is 0 Å². The average molecular weight is 345 g/mol. The van der Waals surface area contributed by atoms with Gasteiger partial charge in [0.15, 0.2) is 0 Å². The van der Waals surface area contributed by atoms with E-state index in [1.54, 1.807) is 6.20 Å². The van der Waals surface area contributed by atoms with Gasteiger partial charge in [-0.05, 0) is 36.6 Å². The third-order valence-electron chi connectivity index (χ3n) is 4.74. The summed E-state index contributed by atoms with van der Waals surface area (Å²) >= 11 is 0. The predicted molar refractivity (Wildman–Crippen MR) is 102 cm³/mol. The number of nitrogens with one attached hydrogen (secondary N) is 2. The summed E-state index contributed by atoms with van der Waals surface area (Å²) in [6.07, 6.45) is 3.20. The molecule has 130 valence electrons. The van der Waals surface area contributed by atoms with E-state index >= 15 is 0 Å². The largest absolute Gasteiger partial charge is 0.326 e. The summed E-state index contributed by atoms with van der Waals surface area (Å²) in [5, 5.41) is 6.83. The number of hydrogen-bond acceptors (Lipinski definition) is 3. The lowest BCUT2D eigenvalue weighted by Gasteiger charge is -2.24. The van der Waals surface area contributed by atoms with Gasteiger partial charge in [-0.1, -0.05) is 36.4 Å². The summed E-state index contributed by atoms with van der Waals surface area (Å²) in [6, 6.07) is 17.3. The van der Waals surface area contributed by atoms with Crippen LogP contribution in [0.25, 0.3) is 10.9 Å². The molecule has 1 aliphatic heterocycles. The van der Waals surface area contributed by atoms with Crippen molar-refractivity contribution in [3.05, 3.63) is 66.4 Å². The number of fused-ring (bicyclic) bond motifs is 2. The van der Waals surface area contributed by atoms with Crippen molar-refractivity contribution < 1.29 is 9.59 Å². The standard InChI is InChI=1S/C21H19N3O2/c25-19(23-18-9-3-6-14-7-4-12-22-20(14)18)11-10-16-13-15-5-1-2-8-17(15)24-21(16)26/h1-9,12,16H,10-11,13H2,(H,23,25)(H,24,26). The van der Waals surface area contributed by atoms with Gasteiger partial charge in [0.2, 0.25) is 11.8 Å². The number of amides is 2. The molecule has 2 N–H and O–H groups in total. The van der Waals surface area contributed by atoms with Crippen LogP contribution in [-0.4, -0.2) is 16.8 Å². The summed E-state index contributed by atoms with van der Waals surface area (Å²) in [5.41, 5.74) is 3.47. The van der Waals surface area contributed by atoms with E-state index in [9.17, 15) is 9.59 Å². The van der Waals surface area contributed by atoms with Gasteiger partial charge in [0.25, 0.3) is 0 Å². The van der Waals surface area contributed by atoms with Crippen molar-refractivity contribution in [2.75, 3.05) is 10.6 Å². The fraction of sp³-hybridized carbons (Fsp3) is 0.190. The molecule has 0 spiro atoms. The molecule has 0 radical (unpaired) electrons. The van der Waals surface area contributed by atoms with Gasteiger partial charge in [-0.3, -0.25) is 14.6 Å². The van der Waals surface area contributed by atoms with Crippen molar-refractivity contribution in [3.8, 4) is 0 Å². The Balaban J connectivity index is 1.41. The number of anilines is 2. The van der Waals surface area contributed by atoms with Crippen LogP contribution in [-0.2, 0) is 16.0 Å². The summed E-state index contributed by atoms with van der Waals surface area (Å²) in [6.45, 7) is 0. The number of carbonyl (C=O) groups excluding carboxylic acids is 2. The minimum Gasteiger partial charge on any atom is -0.326 e. The van der Waals surface area contributed by atoms with Crippen molar-refractivity contribution in [2.45, 2.75) is 19.3 Å². The van der Waals surface area contributed by atoms with Gasteiger partial charge >= 0.3 is 0 Å². The first kappa shape index (κ1) is 16.3. The Kier molecular flexibility index (Phi) is 4.35. The average Bonchev–Trinajstić information content (AvgIpc) is 2.66. The Labute approximate surface area is 151 Å². The molecule has 2 heterocycles. The molecule has 0 aliphatic carbocycles. The van der Waals surface area contributed by atoms with Crippen LogP contribution in [0, 0.1) is 5.92 Å². The highest BCUT2D eigenvalue weighted by Crippen LogP contribution is 2.28. The molecule has 26 heavy (non-hydrogen) atoms. The number of hydrogen-bond donors (Lipinski definition) is 2. The molecule has 0 saturated heterocycles. The lowest BCUT2D eigenvalue weighted by Crippen LogP contribution is -2.30. The highest BCUT2D eigenvalue weighted by atomic mass is 16.2. The molecule has 1 aromatic heterocycles. The first-order chi connectivity index (χ1) is 12.7. The van der Waals surface area contributed by atoms with E-state index in [1.807, 2.05) is 54.6 Å². The Morgan fingerprint density at radius 2 is 1.96 bits per heavy atom. The van der Waals surface area contributed by atoms with Crippen LogP contribution in [0.5, 0.6) is 0 Å². The number of carbonyl (C=O) groups is 2. The number of aromatic nitrogens is 1. The first-order valence-electron chi connectivity index (χ1n) is 8.73. The maximum atomic E-state index is 12.4. The Morgan fingerprint density at radius 3 is 2.88 bits per heavy atom. The zero-order chi connectivity index (χ0) is 17.9. The summed E-state index contributed by atoms with van der Waals surface area (Å²) in [4.78, 5) is 29.0. The third kappa shape index (κ3) is 3.28. The monoisotopic (exact) mass is 345 g/mol. The second-order valence-electron chi connectivity index (χ2n) is 6.51. The van der Waals surface area contributed by atoms with Crippen molar-refractivity contribution in [1.29, 1.82) is 0 Å². The SMILES string of the molecule is O=C(CCC1Cc2ccccc2NC1=O)Nc1cccc2cccnc12. The summed E-state index contributed by atoms with van der Waals surface area (Å²) in [7, 11) is 0. The van der Waals surface area contributed by atoms with Gasteiger partial charge in [0.1, 0.15) is 0 Å². The van der Waals surface area contributed by atoms with Gasteiger partial charge in [0.05, 0.1) is 11.2 Å². The van der Waals surface area contributed by atoms with E-state index in [2.05, 4.69) is 15.6 Å². The van der Waals surface area contributed by atoms with Crippen LogP contribution in [0.15, 0.2) is 60.8 Å². The van der Waals surface area contributed by atoms with Gasteiger partial charge in [-0.15, -0.1) is 0 Å². The second kappa shape index (κ2) is 6.96. The molecule has 5 nitrogen and oxygen atoms in total. The molecular formula is C21H19N3O2. The lowest BCUT2D eigenvalue weighted by molar-refractivity contribution is -0.121. The Bertz CT molecular complexity index is 978. The molecule has 0 bridgehead atoms. The summed E-state index contributed by atoms with van der Waals surface area (Å²) in [5.74, 6) is -0.292. The zero-order valence-corrected chi connectivity index (χ0v) is 14.2. The van der Waals surface area contributed by atoms with Crippen molar-refractivity contribution in [3.63, 3.8) is 0 Å². The van der Waals surface area contributed by atoms with Crippen LogP contribution in [0.3, 0.4) is 0 Å². The molecule has 3 aromatic rings. The van der Waals surface area contributed by atoms with Gasteiger partial charge in [-0.2, -0.15) is 0 Å². The van der Waals surface area contributed by atoms with Crippen LogP contribution in [0.1, 0.15) is 18.4 Å². The molecule has 0 fully saturated rings. The highest BCUT2D eigenvalue weighted by molar-refractivity contribution is 6.00. The molecule has 1 unspecified atom stereocenters. The molecular weight excluding hydrogens is 326 g/mol. The number of pyridine rings is 1. The normalized spacial score (nSPS) is 16.0. The zero-order valence-electron chi connectivity index (χ0n) is 14.2. The molecule has 5 heteroatoms. The molecule has 1 atom stereocenters. The Hall–Kier alpha value is -3.21. The third-order valence-corrected chi connectivity index (χ3v) is 4.74. The molecule has 1 aliphatic rings. The number of nitrogens with zero attached hydrogens (tertiary/aromatic N) is 1. The number of benzene rings is 2. The Morgan fingerprint density at radius 1 is 1.12 bits per heavy atom. The quantitative estimate of drug-likeness (QED) is 0.756. The van der Waals surface area contributed by atoms with Crippen LogP contribution in [0.2, 0.25) is 0 Å². The van der Waals surface area contributed by atoms with E-state index in [-0.39, 0.29) is 17.7 Å². The number of para-hydroxylation sites is 2. The van der Waals surface area contributed by atoms with E-state index in [4.69, 9.17) is 0 Å². The second-order valence-corrected chi connectivity index (χ2v) is 6.51. The van der Waals surface area contributed by atoms with Crippen molar-refractivity contribution >= 4 is 34.1 Å². The van der Waals surface area contributed by atoms with E-state index in [0.29, 0.717) is 24.9 Å². The van der Waals surface area contributed by atoms with Crippen molar-refractivity contribution in [2.24, 2.45) is 5.92 Å². The molecule has 2 aromatic carbocycles. The smallest absolute Gasteiger partial charge is 0.227 e. The van der Waals surface area contributed by atoms with Crippen LogP contribution >= 0.6 is 0 Å². The molecule has 0 saturated carbocycles. The highest BCUT2D eigenvalue weighted by Gasteiger charge is 2.26. The minimum atomic E-state index is -0.179. The molecule has 2 amide bonds. The topological polar surface area (TPSA) is 71.1 Å². The first-order valence-corrected chi connectivity index (χ1v) is 8.73. The lowest BCUT2D eigenvalue weighted by atomic mass is 9.89. The van der Waals surface area contributed by atoms with E-state index in [0.717, 1.165) is 22.2 Å². The maximum Gasteiger partial charge on any atom is 0.227 e. The molecule has 4 rings (SSSR count). The minimum absolute atomic E-state index is 0.0108. The van der Waals surface area contributed by atoms with Gasteiger partial charge in [-0.25, -0.2) is 0 Å². The maximum absolute atomic E-state index is 12.4. The van der Waals surface area contributed by atoms with Crippen LogP contribution in [0.4, 0.5) is 11.4 Å². The predicted octanol–water partition coefficient (Wildman–Crippen LogP) is 3.76.